The molecule has 1 atom stereocenters. The van der Waals surface area contributed by atoms with Gasteiger partial charge in [-0.2, -0.15) is 0 Å². The van der Waals surface area contributed by atoms with E-state index in [0.29, 0.717) is 19.1 Å². The van der Waals surface area contributed by atoms with Gasteiger partial charge in [-0.05, 0) is 30.9 Å². The van der Waals surface area contributed by atoms with Crippen LogP contribution in [0.1, 0.15) is 13.3 Å². The third-order valence-corrected chi connectivity index (χ3v) is 3.33. The van der Waals surface area contributed by atoms with Crippen LogP contribution >= 0.6 is 0 Å². The molecule has 0 fully saturated rings. The normalized spacial score (nSPS) is 13.5. The van der Waals surface area contributed by atoms with Crippen molar-refractivity contribution in [2.24, 2.45) is 10.7 Å². The van der Waals surface area contributed by atoms with E-state index in [1.165, 1.54) is 10.9 Å². The Balaban J connectivity index is 1.79. The number of methoxy groups -OCH3 is 1. The zero-order valence-corrected chi connectivity index (χ0v) is 12.7. The third kappa shape index (κ3) is 4.49. The molecule has 2 rings (SSSR count). The van der Waals surface area contributed by atoms with E-state index in [1.807, 2.05) is 6.92 Å². The number of nitrogens with two attached hydrogens (primary N) is 1. The molecule has 21 heavy (non-hydrogen) atoms. The Kier molecular flexibility index (Phi) is 5.63. The summed E-state index contributed by atoms with van der Waals surface area (Å²) in [6, 6.07) is 10.7. The number of para-hydroxylation sites is 1. The van der Waals surface area contributed by atoms with Gasteiger partial charge in [0.1, 0.15) is 0 Å². The number of rotatable bonds is 7. The molecule has 1 aromatic heterocycles. The van der Waals surface area contributed by atoms with E-state index in [4.69, 9.17) is 10.5 Å². The molecular formula is C16H24N4O. The molecule has 3 N–H and O–H groups in total. The number of benzene rings is 1. The van der Waals surface area contributed by atoms with Crippen molar-refractivity contribution < 1.29 is 4.74 Å². The number of nitrogens with one attached hydrogen (secondary N) is 1. The number of aromatic nitrogens is 1. The van der Waals surface area contributed by atoms with Crippen LogP contribution in [0.15, 0.2) is 41.5 Å². The number of hydrogen-bond acceptors (Lipinski definition) is 2. The second-order valence-corrected chi connectivity index (χ2v) is 5.19. The van der Waals surface area contributed by atoms with Crippen LogP contribution in [0.4, 0.5) is 0 Å². The van der Waals surface area contributed by atoms with Crippen LogP contribution in [0.25, 0.3) is 10.9 Å². The molecule has 5 heteroatoms. The molecule has 0 bridgehead atoms. The van der Waals surface area contributed by atoms with Crippen LogP contribution < -0.4 is 11.1 Å². The first kappa shape index (κ1) is 15.4. The lowest BCUT2D eigenvalue weighted by Crippen LogP contribution is -2.40. The Hall–Kier alpha value is -2.01. The fourth-order valence-electron chi connectivity index (χ4n) is 2.37. The van der Waals surface area contributed by atoms with Gasteiger partial charge in [-0.15, -0.1) is 0 Å². The highest BCUT2D eigenvalue weighted by atomic mass is 16.5. The summed E-state index contributed by atoms with van der Waals surface area (Å²) in [5.74, 6) is 0.483. The predicted octanol–water partition coefficient (Wildman–Crippen LogP) is 1.97. The quantitative estimate of drug-likeness (QED) is 0.465. The van der Waals surface area contributed by atoms with Gasteiger partial charge in [-0.1, -0.05) is 18.2 Å². The van der Waals surface area contributed by atoms with Gasteiger partial charge in [-0.3, -0.25) is 4.99 Å². The van der Waals surface area contributed by atoms with Gasteiger partial charge in [0, 0.05) is 38.0 Å². The Morgan fingerprint density at radius 2 is 2.19 bits per heavy atom. The molecule has 0 saturated heterocycles. The molecule has 0 spiro atoms. The van der Waals surface area contributed by atoms with Crippen molar-refractivity contribution in [1.82, 2.24) is 9.88 Å². The fraction of sp³-hybridized carbons (Fsp3) is 0.438. The number of aliphatic imine (C=N–C) groups is 1. The summed E-state index contributed by atoms with van der Waals surface area (Å²) in [5, 5.41) is 4.37. The minimum atomic E-state index is 0.173. The summed E-state index contributed by atoms with van der Waals surface area (Å²) in [6.07, 6.45) is 3.08. The molecule has 0 aliphatic rings. The zero-order valence-electron chi connectivity index (χ0n) is 12.7. The molecular weight excluding hydrogens is 264 g/mol. The van der Waals surface area contributed by atoms with Crippen molar-refractivity contribution in [2.75, 3.05) is 20.3 Å². The Labute approximate surface area is 125 Å². The van der Waals surface area contributed by atoms with Crippen molar-refractivity contribution in [3.63, 3.8) is 0 Å². The van der Waals surface area contributed by atoms with Crippen molar-refractivity contribution in [3.05, 3.63) is 36.5 Å². The molecule has 2 aromatic rings. The summed E-state index contributed by atoms with van der Waals surface area (Å²) < 4.78 is 7.30. The van der Waals surface area contributed by atoms with E-state index >= 15 is 0 Å². The van der Waals surface area contributed by atoms with Gasteiger partial charge in [0.25, 0.3) is 0 Å². The highest BCUT2D eigenvalue weighted by Gasteiger charge is 2.02. The molecule has 1 aromatic carbocycles. The molecule has 0 amide bonds. The van der Waals surface area contributed by atoms with Crippen LogP contribution in [-0.4, -0.2) is 36.8 Å². The molecule has 0 aliphatic heterocycles. The van der Waals surface area contributed by atoms with Crippen LogP contribution in [-0.2, 0) is 11.3 Å². The van der Waals surface area contributed by atoms with Crippen molar-refractivity contribution in [2.45, 2.75) is 25.9 Å². The maximum absolute atomic E-state index is 5.83. The molecule has 1 unspecified atom stereocenters. The summed E-state index contributed by atoms with van der Waals surface area (Å²) in [4.78, 5) is 4.34. The van der Waals surface area contributed by atoms with Crippen LogP contribution in [0.2, 0.25) is 0 Å². The van der Waals surface area contributed by atoms with Crippen molar-refractivity contribution in [1.29, 1.82) is 0 Å². The lowest BCUT2D eigenvalue weighted by molar-refractivity contribution is 0.179. The number of guanidine groups is 1. The highest BCUT2D eigenvalue weighted by Crippen LogP contribution is 2.15. The van der Waals surface area contributed by atoms with Gasteiger partial charge in [-0.25, -0.2) is 0 Å². The highest BCUT2D eigenvalue weighted by molar-refractivity contribution is 5.80. The van der Waals surface area contributed by atoms with Gasteiger partial charge < -0.3 is 20.4 Å². The third-order valence-electron chi connectivity index (χ3n) is 3.33. The van der Waals surface area contributed by atoms with Gasteiger partial charge >= 0.3 is 0 Å². The standard InChI is InChI=1S/C16H24N4O/c1-13(12-21-2)19-16(17)18-9-5-10-20-11-8-14-6-3-4-7-15(14)20/h3-4,6-8,11,13H,5,9-10,12H2,1-2H3,(H3,17,18,19). The Morgan fingerprint density at radius 1 is 1.38 bits per heavy atom. The molecule has 114 valence electrons. The van der Waals surface area contributed by atoms with Crippen molar-refractivity contribution in [3.8, 4) is 0 Å². The van der Waals surface area contributed by atoms with Crippen molar-refractivity contribution >= 4 is 16.9 Å². The number of aryl methyl sites for hydroxylation is 1. The molecule has 5 nitrogen and oxygen atoms in total. The Morgan fingerprint density at radius 3 is 3.00 bits per heavy atom. The minimum absolute atomic E-state index is 0.173. The van der Waals surface area contributed by atoms with E-state index < -0.39 is 0 Å². The fourth-order valence-corrected chi connectivity index (χ4v) is 2.37. The summed E-state index contributed by atoms with van der Waals surface area (Å²) >= 11 is 0. The summed E-state index contributed by atoms with van der Waals surface area (Å²) in [7, 11) is 1.67. The second kappa shape index (κ2) is 7.69. The van der Waals surface area contributed by atoms with Crippen LogP contribution in [0.5, 0.6) is 0 Å². The second-order valence-electron chi connectivity index (χ2n) is 5.19. The van der Waals surface area contributed by atoms with E-state index in [-0.39, 0.29) is 6.04 Å². The van der Waals surface area contributed by atoms with Gasteiger partial charge in [0.05, 0.1) is 6.61 Å². The zero-order chi connectivity index (χ0) is 15.1. The lowest BCUT2D eigenvalue weighted by Gasteiger charge is -2.13. The topological polar surface area (TPSA) is 64.6 Å². The van der Waals surface area contributed by atoms with Crippen LogP contribution in [0.3, 0.4) is 0 Å². The first-order valence-corrected chi connectivity index (χ1v) is 7.30. The minimum Gasteiger partial charge on any atom is -0.383 e. The lowest BCUT2D eigenvalue weighted by atomic mass is 10.2. The van der Waals surface area contributed by atoms with E-state index in [2.05, 4.69) is 51.4 Å². The van der Waals surface area contributed by atoms with Gasteiger partial charge in [0.15, 0.2) is 5.96 Å². The number of ether oxygens (including phenoxy) is 1. The van der Waals surface area contributed by atoms with Gasteiger partial charge in [0.2, 0.25) is 0 Å². The van der Waals surface area contributed by atoms with E-state index in [9.17, 15) is 0 Å². The summed E-state index contributed by atoms with van der Waals surface area (Å²) in [6.45, 7) is 4.28. The molecule has 0 saturated carbocycles. The predicted molar refractivity (Wildman–Crippen MR) is 87.5 cm³/mol. The largest absolute Gasteiger partial charge is 0.383 e. The average Bonchev–Trinajstić information content (AvgIpc) is 2.87. The number of nitrogens with zero attached hydrogens (tertiary/aromatic N) is 2. The smallest absolute Gasteiger partial charge is 0.188 e. The number of hydrogen-bond donors (Lipinski definition) is 2. The SMILES string of the molecule is COCC(C)NC(N)=NCCCn1ccc2ccccc21. The average molecular weight is 288 g/mol. The summed E-state index contributed by atoms with van der Waals surface area (Å²) in [5.41, 5.74) is 7.10. The Bertz CT molecular complexity index is 591. The maximum Gasteiger partial charge on any atom is 0.188 e. The van der Waals surface area contributed by atoms with E-state index in [0.717, 1.165) is 13.0 Å². The molecule has 0 radical (unpaired) electrons. The monoisotopic (exact) mass is 288 g/mol. The first-order valence-electron chi connectivity index (χ1n) is 7.30. The molecule has 1 heterocycles. The maximum atomic E-state index is 5.83. The number of fused-ring (bicyclic) bond motifs is 1. The molecule has 0 aliphatic carbocycles. The van der Waals surface area contributed by atoms with Crippen LogP contribution in [0, 0.1) is 0 Å². The van der Waals surface area contributed by atoms with E-state index in [1.54, 1.807) is 7.11 Å². The first-order chi connectivity index (χ1) is 10.2.